The van der Waals surface area contributed by atoms with Gasteiger partial charge >= 0.3 is 0 Å². The summed E-state index contributed by atoms with van der Waals surface area (Å²) in [5, 5.41) is 13.6. The molecule has 0 spiro atoms. The maximum atomic E-state index is 12.7. The minimum atomic E-state index is -0.496. The van der Waals surface area contributed by atoms with Gasteiger partial charge in [0.15, 0.2) is 0 Å². The molecule has 8 nitrogen and oxygen atoms in total. The van der Waals surface area contributed by atoms with E-state index in [1.54, 1.807) is 0 Å². The van der Waals surface area contributed by atoms with Crippen LogP contribution >= 0.6 is 0 Å². The van der Waals surface area contributed by atoms with Gasteiger partial charge in [0, 0.05) is 61.7 Å². The molecule has 1 N–H and O–H groups in total. The third-order valence-corrected chi connectivity index (χ3v) is 5.95. The second-order valence-corrected chi connectivity index (χ2v) is 10.2. The molecule has 1 unspecified atom stereocenters. The van der Waals surface area contributed by atoms with Gasteiger partial charge in [-0.05, 0) is 54.2 Å². The molecule has 182 valence electrons. The molecule has 1 aliphatic heterocycles. The Labute approximate surface area is 201 Å². The van der Waals surface area contributed by atoms with E-state index in [4.69, 9.17) is 0 Å². The van der Waals surface area contributed by atoms with Crippen molar-refractivity contribution < 1.29 is 14.5 Å². The lowest BCUT2D eigenvalue weighted by atomic mass is 9.84. The van der Waals surface area contributed by atoms with E-state index < -0.39 is 4.92 Å². The van der Waals surface area contributed by atoms with Crippen LogP contribution in [0.25, 0.3) is 0 Å². The normalized spacial score (nSPS) is 15.1. The number of rotatable bonds is 7. The Morgan fingerprint density at radius 3 is 2.12 bits per heavy atom. The molecule has 2 aromatic carbocycles. The van der Waals surface area contributed by atoms with E-state index in [-0.39, 0.29) is 22.9 Å². The molecule has 1 heterocycles. The van der Waals surface area contributed by atoms with Gasteiger partial charge < -0.3 is 15.1 Å². The minimum Gasteiger partial charge on any atom is -0.368 e. The highest BCUT2D eigenvalue weighted by atomic mass is 16.6. The molecule has 1 fully saturated rings. The lowest BCUT2D eigenvalue weighted by Gasteiger charge is -2.37. The number of anilines is 2. The summed E-state index contributed by atoms with van der Waals surface area (Å²) in [6.07, 6.45) is 1.63. The second kappa shape index (κ2) is 10.7. The molecule has 1 aliphatic rings. The Kier molecular flexibility index (Phi) is 7.91. The fraction of sp³-hybridized carbons (Fsp3) is 0.462. The van der Waals surface area contributed by atoms with Crippen molar-refractivity contribution in [3.63, 3.8) is 0 Å². The van der Waals surface area contributed by atoms with Crippen molar-refractivity contribution in [3.8, 4) is 0 Å². The Morgan fingerprint density at radius 2 is 1.59 bits per heavy atom. The van der Waals surface area contributed by atoms with Crippen molar-refractivity contribution in [3.05, 3.63) is 64.2 Å². The number of piperazine rings is 1. The highest BCUT2D eigenvalue weighted by Crippen LogP contribution is 2.27. The standard InChI is InChI=1S/C26H34N4O4/c1-19(18-26(2,3)4)17-24(31)29-15-13-28(14-16-29)22-11-7-21(8-12-22)27-25(32)20-5-9-23(10-6-20)30(33)34/h5-12,19H,13-18H2,1-4H3,(H,27,32). The summed E-state index contributed by atoms with van der Waals surface area (Å²) in [7, 11) is 0. The number of carbonyl (C=O) groups is 2. The van der Waals surface area contributed by atoms with Crippen LogP contribution in [0.2, 0.25) is 0 Å². The van der Waals surface area contributed by atoms with Crippen LogP contribution in [0, 0.1) is 21.4 Å². The summed E-state index contributed by atoms with van der Waals surface area (Å²) in [6, 6.07) is 13.1. The van der Waals surface area contributed by atoms with E-state index in [0.717, 1.165) is 25.2 Å². The van der Waals surface area contributed by atoms with Crippen LogP contribution in [-0.4, -0.2) is 47.8 Å². The number of amides is 2. The molecule has 1 atom stereocenters. The van der Waals surface area contributed by atoms with Gasteiger partial charge in [0.2, 0.25) is 5.91 Å². The van der Waals surface area contributed by atoms with E-state index in [2.05, 4.69) is 37.9 Å². The number of nitrogens with one attached hydrogen (secondary N) is 1. The summed E-state index contributed by atoms with van der Waals surface area (Å²) in [4.78, 5) is 39.6. The van der Waals surface area contributed by atoms with Gasteiger partial charge in [-0.15, -0.1) is 0 Å². The first-order valence-corrected chi connectivity index (χ1v) is 11.7. The molecule has 2 aromatic rings. The van der Waals surface area contributed by atoms with Gasteiger partial charge in [0.05, 0.1) is 4.92 Å². The summed E-state index contributed by atoms with van der Waals surface area (Å²) in [5.41, 5.74) is 2.22. The molecule has 0 bridgehead atoms. The van der Waals surface area contributed by atoms with Crippen LogP contribution in [0.1, 0.15) is 50.9 Å². The number of non-ortho nitro benzene ring substituents is 1. The van der Waals surface area contributed by atoms with Gasteiger partial charge in [-0.2, -0.15) is 0 Å². The maximum Gasteiger partial charge on any atom is 0.269 e. The number of benzene rings is 2. The van der Waals surface area contributed by atoms with Gasteiger partial charge in [0.25, 0.3) is 11.6 Å². The average Bonchev–Trinajstić information content (AvgIpc) is 2.78. The Hall–Kier alpha value is -3.42. The first kappa shape index (κ1) is 25.2. The van der Waals surface area contributed by atoms with Crippen LogP contribution < -0.4 is 10.2 Å². The largest absolute Gasteiger partial charge is 0.368 e. The van der Waals surface area contributed by atoms with Gasteiger partial charge in [-0.25, -0.2) is 0 Å². The SMILES string of the molecule is CC(CC(=O)N1CCN(c2ccc(NC(=O)c3ccc([N+](=O)[O-])cc3)cc2)CC1)CC(C)(C)C. The molecular formula is C26H34N4O4. The van der Waals surface area contributed by atoms with Gasteiger partial charge in [0.1, 0.15) is 0 Å². The molecular weight excluding hydrogens is 432 g/mol. The molecule has 0 saturated carbocycles. The average molecular weight is 467 g/mol. The molecule has 2 amide bonds. The molecule has 0 aliphatic carbocycles. The van der Waals surface area contributed by atoms with Crippen molar-refractivity contribution in [2.24, 2.45) is 11.3 Å². The molecule has 0 radical (unpaired) electrons. The summed E-state index contributed by atoms with van der Waals surface area (Å²) >= 11 is 0. The van der Waals surface area contributed by atoms with Crippen molar-refractivity contribution in [1.29, 1.82) is 0 Å². The van der Waals surface area contributed by atoms with E-state index in [0.29, 0.717) is 36.7 Å². The third-order valence-electron chi connectivity index (χ3n) is 5.95. The highest BCUT2D eigenvalue weighted by molar-refractivity contribution is 6.04. The number of carbonyl (C=O) groups excluding carboxylic acids is 2. The van der Waals surface area contributed by atoms with Crippen molar-refractivity contribution in [2.45, 2.75) is 40.5 Å². The van der Waals surface area contributed by atoms with Crippen molar-refractivity contribution >= 4 is 28.9 Å². The van der Waals surface area contributed by atoms with Gasteiger partial charge in [-0.1, -0.05) is 27.7 Å². The lowest BCUT2D eigenvalue weighted by Crippen LogP contribution is -2.49. The Morgan fingerprint density at radius 1 is 1.00 bits per heavy atom. The smallest absolute Gasteiger partial charge is 0.269 e. The van der Waals surface area contributed by atoms with E-state index >= 15 is 0 Å². The summed E-state index contributed by atoms with van der Waals surface area (Å²) in [5.74, 6) is 0.287. The van der Waals surface area contributed by atoms with E-state index in [9.17, 15) is 19.7 Å². The quantitative estimate of drug-likeness (QED) is 0.460. The third kappa shape index (κ3) is 7.04. The first-order chi connectivity index (χ1) is 16.0. The molecule has 0 aromatic heterocycles. The van der Waals surface area contributed by atoms with Crippen LogP contribution in [0.3, 0.4) is 0 Å². The monoisotopic (exact) mass is 466 g/mol. The predicted octanol–water partition coefficient (Wildman–Crippen LogP) is 4.96. The number of nitro groups is 1. The molecule has 1 saturated heterocycles. The van der Waals surface area contributed by atoms with E-state index in [1.165, 1.54) is 24.3 Å². The minimum absolute atomic E-state index is 0.0536. The van der Waals surface area contributed by atoms with Crippen LogP contribution in [0.4, 0.5) is 17.1 Å². The van der Waals surface area contributed by atoms with Crippen LogP contribution in [-0.2, 0) is 4.79 Å². The number of nitrogens with zero attached hydrogens (tertiary/aromatic N) is 3. The molecule has 8 heteroatoms. The predicted molar refractivity (Wildman–Crippen MR) is 134 cm³/mol. The molecule has 34 heavy (non-hydrogen) atoms. The number of hydrogen-bond acceptors (Lipinski definition) is 5. The number of nitro benzene ring substituents is 1. The Bertz CT molecular complexity index is 1000. The van der Waals surface area contributed by atoms with E-state index in [1.807, 2.05) is 29.2 Å². The zero-order valence-electron chi connectivity index (χ0n) is 20.4. The summed E-state index contributed by atoms with van der Waals surface area (Å²) < 4.78 is 0. The second-order valence-electron chi connectivity index (χ2n) is 10.2. The summed E-state index contributed by atoms with van der Waals surface area (Å²) in [6.45, 7) is 11.7. The lowest BCUT2D eigenvalue weighted by molar-refractivity contribution is -0.384. The van der Waals surface area contributed by atoms with Crippen molar-refractivity contribution in [2.75, 3.05) is 36.4 Å². The Balaban J connectivity index is 1.49. The van der Waals surface area contributed by atoms with Crippen molar-refractivity contribution in [1.82, 2.24) is 4.90 Å². The fourth-order valence-electron chi connectivity index (χ4n) is 4.45. The fourth-order valence-corrected chi connectivity index (χ4v) is 4.45. The number of hydrogen-bond donors (Lipinski definition) is 1. The first-order valence-electron chi connectivity index (χ1n) is 11.7. The highest BCUT2D eigenvalue weighted by Gasteiger charge is 2.24. The zero-order chi connectivity index (χ0) is 24.9. The van der Waals surface area contributed by atoms with Gasteiger partial charge in [-0.3, -0.25) is 19.7 Å². The zero-order valence-corrected chi connectivity index (χ0v) is 20.4. The molecule has 3 rings (SSSR count). The van der Waals surface area contributed by atoms with Crippen LogP contribution in [0.15, 0.2) is 48.5 Å². The maximum absolute atomic E-state index is 12.7. The topological polar surface area (TPSA) is 95.8 Å². The van der Waals surface area contributed by atoms with Crippen LogP contribution in [0.5, 0.6) is 0 Å².